The number of hydrogen-bond donors (Lipinski definition) is 3. The first-order valence-electron chi connectivity index (χ1n) is 8.74. The molecule has 1 aromatic heterocycles. The van der Waals surface area contributed by atoms with Crippen LogP contribution in [-0.2, 0) is 0 Å². The first-order valence-corrected chi connectivity index (χ1v) is 8.74. The zero-order valence-corrected chi connectivity index (χ0v) is 15.2. The lowest BCUT2D eigenvalue weighted by Gasteiger charge is -2.12. The summed E-state index contributed by atoms with van der Waals surface area (Å²) in [5.74, 6) is -0.302. The molecule has 1 heterocycles. The lowest BCUT2D eigenvalue weighted by Crippen LogP contribution is -2.14. The van der Waals surface area contributed by atoms with Crippen LogP contribution in [0.15, 0.2) is 40.4 Å². The molecule has 3 N–H and O–H groups in total. The number of H-pyrrole nitrogens is 1. The quantitative estimate of drug-likeness (QED) is 0.292. The van der Waals surface area contributed by atoms with Crippen LogP contribution in [-0.4, -0.2) is 52.3 Å². The van der Waals surface area contributed by atoms with Crippen LogP contribution in [0.3, 0.4) is 0 Å². The monoisotopic (exact) mass is 364 g/mol. The molecule has 7 nitrogen and oxygen atoms in total. The van der Waals surface area contributed by atoms with Crippen molar-refractivity contribution in [3.05, 3.63) is 46.2 Å². The third-order valence-corrected chi connectivity index (χ3v) is 4.73. The Hall–Kier alpha value is -3.19. The highest BCUT2D eigenvalue weighted by molar-refractivity contribution is 6.23. The van der Waals surface area contributed by atoms with Crippen molar-refractivity contribution in [2.24, 2.45) is 4.99 Å². The largest absolute Gasteiger partial charge is 0.507 e. The summed E-state index contributed by atoms with van der Waals surface area (Å²) in [7, 11) is 4.01. The molecule has 0 bridgehead atoms. The second kappa shape index (κ2) is 6.51. The van der Waals surface area contributed by atoms with Crippen LogP contribution in [0.4, 0.5) is 0 Å². The van der Waals surface area contributed by atoms with Gasteiger partial charge in [-0.25, -0.2) is 4.98 Å². The van der Waals surface area contributed by atoms with Crippen molar-refractivity contribution in [3.8, 4) is 11.5 Å². The fourth-order valence-electron chi connectivity index (χ4n) is 3.51. The van der Waals surface area contributed by atoms with Crippen molar-refractivity contribution in [2.75, 3.05) is 27.2 Å². The fraction of sp³-hybridized carbons (Fsp3) is 0.250. The first-order chi connectivity index (χ1) is 13.0. The van der Waals surface area contributed by atoms with Crippen molar-refractivity contribution in [3.63, 3.8) is 0 Å². The summed E-state index contributed by atoms with van der Waals surface area (Å²) in [5.41, 5.74) is 0.883. The Morgan fingerprint density at radius 2 is 1.89 bits per heavy atom. The summed E-state index contributed by atoms with van der Waals surface area (Å²) in [6.45, 7) is 1.51. The van der Waals surface area contributed by atoms with Gasteiger partial charge in [-0.3, -0.25) is 9.79 Å². The number of rotatable bonds is 4. The number of aromatic amines is 1. The Labute approximate surface area is 154 Å². The lowest BCUT2D eigenvalue weighted by molar-refractivity contribution is 0.402. The molecule has 0 unspecified atom stereocenters. The molecule has 0 aliphatic carbocycles. The minimum Gasteiger partial charge on any atom is -0.507 e. The topological polar surface area (TPSA) is 102 Å². The van der Waals surface area contributed by atoms with E-state index in [9.17, 15) is 15.0 Å². The van der Waals surface area contributed by atoms with Gasteiger partial charge in [-0.05, 0) is 51.3 Å². The number of nitrogens with one attached hydrogen (secondary N) is 1. The van der Waals surface area contributed by atoms with Gasteiger partial charge in [0.15, 0.2) is 5.43 Å². The van der Waals surface area contributed by atoms with Gasteiger partial charge < -0.3 is 20.1 Å². The average molecular weight is 364 g/mol. The summed E-state index contributed by atoms with van der Waals surface area (Å²) >= 11 is 0. The molecule has 0 fully saturated rings. The number of nitrogens with zero attached hydrogens (tertiary/aromatic N) is 3. The normalized spacial score (nSPS) is 12.8. The number of hydrogen-bond acceptors (Lipinski definition) is 6. The standard InChI is InChI=1S/C20H20N4O3/c1-24(2)9-3-8-21-12-5-4-11-15-16(12)20(27)18-14(26)7-6-13(25)17(18)19(15)23-10-22-11/h4-7,10,26-27H,3,8-9H2,1-2H3,(H,22,23). The molecule has 0 atom stereocenters. The Bertz CT molecular complexity index is 1280. The van der Waals surface area contributed by atoms with Crippen molar-refractivity contribution in [2.45, 2.75) is 6.42 Å². The van der Waals surface area contributed by atoms with E-state index in [1.54, 1.807) is 0 Å². The molecule has 0 aliphatic rings. The number of aromatic hydroxyl groups is 2. The minimum atomic E-state index is -0.298. The van der Waals surface area contributed by atoms with E-state index in [0.29, 0.717) is 28.2 Å². The molecule has 4 rings (SSSR count). The van der Waals surface area contributed by atoms with Gasteiger partial charge in [-0.1, -0.05) is 0 Å². The van der Waals surface area contributed by atoms with E-state index in [2.05, 4.69) is 19.9 Å². The predicted octanol–water partition coefficient (Wildman–Crippen LogP) is 1.93. The third-order valence-electron chi connectivity index (χ3n) is 4.73. The zero-order valence-electron chi connectivity index (χ0n) is 15.2. The van der Waals surface area contributed by atoms with Gasteiger partial charge in [0, 0.05) is 17.4 Å². The fourth-order valence-corrected chi connectivity index (χ4v) is 3.51. The molecular formula is C20H20N4O3. The molecular weight excluding hydrogens is 344 g/mol. The molecule has 0 spiro atoms. The van der Waals surface area contributed by atoms with Gasteiger partial charge >= 0.3 is 0 Å². The highest BCUT2D eigenvalue weighted by atomic mass is 16.3. The van der Waals surface area contributed by atoms with Crippen LogP contribution in [0.1, 0.15) is 6.42 Å². The summed E-state index contributed by atoms with van der Waals surface area (Å²) < 4.78 is 0. The number of benzene rings is 3. The predicted molar refractivity (Wildman–Crippen MR) is 105 cm³/mol. The van der Waals surface area contributed by atoms with Crippen LogP contribution < -0.4 is 10.8 Å². The van der Waals surface area contributed by atoms with E-state index in [1.165, 1.54) is 18.5 Å². The van der Waals surface area contributed by atoms with Crippen LogP contribution in [0.2, 0.25) is 0 Å². The summed E-state index contributed by atoms with van der Waals surface area (Å²) in [6.07, 6.45) is 2.38. The Morgan fingerprint density at radius 3 is 2.67 bits per heavy atom. The molecule has 0 saturated carbocycles. The van der Waals surface area contributed by atoms with Gasteiger partial charge in [0.2, 0.25) is 0 Å². The van der Waals surface area contributed by atoms with E-state index < -0.39 is 0 Å². The van der Waals surface area contributed by atoms with Gasteiger partial charge in [0.25, 0.3) is 0 Å². The first kappa shape index (κ1) is 17.2. The number of aromatic nitrogens is 2. The number of phenolic OH excluding ortho intramolecular Hbond substituents is 2. The highest BCUT2D eigenvalue weighted by Gasteiger charge is 2.19. The molecule has 0 radical (unpaired) electrons. The SMILES string of the molecule is CN(C)CCCN=c1ccc2[nH]cnc3c4c(=O)ccc(O)c4c(O)c1c23. The summed E-state index contributed by atoms with van der Waals surface area (Å²) in [6, 6.07) is 6.27. The summed E-state index contributed by atoms with van der Waals surface area (Å²) in [4.78, 5) is 26.6. The molecule has 7 heteroatoms. The lowest BCUT2D eigenvalue weighted by atomic mass is 9.98. The van der Waals surface area contributed by atoms with Crippen molar-refractivity contribution < 1.29 is 10.2 Å². The van der Waals surface area contributed by atoms with Crippen LogP contribution in [0.5, 0.6) is 11.5 Å². The third kappa shape index (κ3) is 2.76. The van der Waals surface area contributed by atoms with Gasteiger partial charge in [-0.15, -0.1) is 0 Å². The van der Waals surface area contributed by atoms with E-state index in [0.717, 1.165) is 18.5 Å². The van der Waals surface area contributed by atoms with Gasteiger partial charge in [0.05, 0.1) is 33.4 Å². The molecule has 3 aromatic carbocycles. The van der Waals surface area contributed by atoms with Crippen LogP contribution in [0, 0.1) is 0 Å². The highest BCUT2D eigenvalue weighted by Crippen LogP contribution is 2.39. The van der Waals surface area contributed by atoms with Crippen molar-refractivity contribution in [1.82, 2.24) is 14.9 Å². The zero-order chi connectivity index (χ0) is 19.1. The van der Waals surface area contributed by atoms with Crippen LogP contribution >= 0.6 is 0 Å². The average Bonchev–Trinajstić information content (AvgIpc) is 2.65. The molecule has 27 heavy (non-hydrogen) atoms. The molecule has 0 aliphatic heterocycles. The number of fused-ring (bicyclic) bond motifs is 2. The molecule has 0 saturated heterocycles. The Morgan fingerprint density at radius 1 is 1.07 bits per heavy atom. The second-order valence-corrected chi connectivity index (χ2v) is 6.85. The Balaban J connectivity index is 2.11. The van der Waals surface area contributed by atoms with E-state index >= 15 is 0 Å². The minimum absolute atomic E-state index is 0.117. The van der Waals surface area contributed by atoms with E-state index in [1.807, 2.05) is 26.2 Å². The van der Waals surface area contributed by atoms with Gasteiger partial charge in [-0.2, -0.15) is 0 Å². The van der Waals surface area contributed by atoms with E-state index in [4.69, 9.17) is 0 Å². The molecule has 138 valence electrons. The van der Waals surface area contributed by atoms with Crippen molar-refractivity contribution >= 4 is 32.6 Å². The van der Waals surface area contributed by atoms with E-state index in [-0.39, 0.29) is 27.7 Å². The van der Waals surface area contributed by atoms with Crippen molar-refractivity contribution in [1.29, 1.82) is 0 Å². The maximum Gasteiger partial charge on any atom is 0.189 e. The maximum absolute atomic E-state index is 12.5. The smallest absolute Gasteiger partial charge is 0.189 e. The second-order valence-electron chi connectivity index (χ2n) is 6.85. The molecule has 4 aromatic rings. The van der Waals surface area contributed by atoms with Gasteiger partial charge in [0.1, 0.15) is 11.5 Å². The molecule has 0 amide bonds. The number of phenols is 2. The van der Waals surface area contributed by atoms with Crippen LogP contribution in [0.25, 0.3) is 32.6 Å². The maximum atomic E-state index is 12.5. The Kier molecular flexibility index (Phi) is 4.16. The summed E-state index contributed by atoms with van der Waals surface area (Å²) in [5, 5.41) is 23.3.